The Kier molecular flexibility index (Phi) is 5.54. The molecule has 0 saturated heterocycles. The first-order chi connectivity index (χ1) is 13.8. The van der Waals surface area contributed by atoms with Crippen molar-refractivity contribution >= 4 is 23.3 Å². The zero-order chi connectivity index (χ0) is 22.4. The van der Waals surface area contributed by atoms with Crippen LogP contribution in [0.2, 0.25) is 0 Å². The summed E-state index contributed by atoms with van der Waals surface area (Å²) in [5.74, 6) is -7.47. The first kappa shape index (κ1) is 22.0. The quantitative estimate of drug-likeness (QED) is 0.705. The number of halogens is 7. The standard InChI is InChI=1S/C18H15F7N2O3/c19-12-4-1-7(5-11(12)17(20,21)22)26-13(28)6-10-8-2-3-9(15(8)29)14(10)27-16(30)18(23,24)25/h1,4-5,8-10,14H,2-3,6H2,(H,26,28)(H,27,30)/t8-,9+,10+,14+/m1/s1. The third-order valence-corrected chi connectivity index (χ3v) is 5.46. The lowest BCUT2D eigenvalue weighted by Crippen LogP contribution is -2.49. The van der Waals surface area contributed by atoms with Gasteiger partial charge >= 0.3 is 18.3 Å². The van der Waals surface area contributed by atoms with Crippen molar-refractivity contribution in [1.29, 1.82) is 0 Å². The molecule has 0 heterocycles. The van der Waals surface area contributed by atoms with Crippen molar-refractivity contribution < 1.29 is 45.1 Å². The maximum absolute atomic E-state index is 13.3. The SMILES string of the molecule is O=C(C[C@@H]1[C@@H](NC(=O)C(F)(F)F)[C@@H]2CC[C@H]1C2=O)Nc1ccc(F)c(C(F)(F)F)c1. The van der Waals surface area contributed by atoms with Crippen LogP contribution < -0.4 is 10.6 Å². The number of carbonyl (C=O) groups is 3. The lowest BCUT2D eigenvalue weighted by Gasteiger charge is -2.30. The van der Waals surface area contributed by atoms with Crippen molar-refractivity contribution in [2.24, 2.45) is 17.8 Å². The van der Waals surface area contributed by atoms with E-state index in [4.69, 9.17) is 0 Å². The third-order valence-electron chi connectivity index (χ3n) is 5.46. The van der Waals surface area contributed by atoms with Crippen molar-refractivity contribution in [3.05, 3.63) is 29.6 Å². The number of fused-ring (bicyclic) bond motifs is 2. The first-order valence-corrected chi connectivity index (χ1v) is 8.87. The molecule has 4 atom stereocenters. The molecule has 0 aromatic heterocycles. The van der Waals surface area contributed by atoms with Gasteiger partial charge in [-0.15, -0.1) is 0 Å². The minimum atomic E-state index is -5.17. The molecule has 2 aliphatic carbocycles. The summed E-state index contributed by atoms with van der Waals surface area (Å²) in [7, 11) is 0. The van der Waals surface area contributed by atoms with E-state index in [0.717, 1.165) is 6.07 Å². The number of carbonyl (C=O) groups excluding carboxylic acids is 3. The third kappa shape index (κ3) is 4.26. The average Bonchev–Trinajstić information content (AvgIpc) is 3.08. The van der Waals surface area contributed by atoms with Gasteiger partial charge in [0.05, 0.1) is 5.56 Å². The Morgan fingerprint density at radius 3 is 2.27 bits per heavy atom. The van der Waals surface area contributed by atoms with Gasteiger partial charge in [-0.1, -0.05) is 0 Å². The summed E-state index contributed by atoms with van der Waals surface area (Å²) in [5.41, 5.74) is -1.95. The van der Waals surface area contributed by atoms with Crippen LogP contribution in [0.5, 0.6) is 0 Å². The monoisotopic (exact) mass is 440 g/mol. The van der Waals surface area contributed by atoms with E-state index in [2.05, 4.69) is 5.32 Å². The highest BCUT2D eigenvalue weighted by Crippen LogP contribution is 2.47. The molecular formula is C18H15F7N2O3. The Labute approximate surface area is 165 Å². The minimum Gasteiger partial charge on any atom is -0.345 e. The summed E-state index contributed by atoms with van der Waals surface area (Å²) in [6.45, 7) is 0. The summed E-state index contributed by atoms with van der Waals surface area (Å²) in [6, 6.07) is 0.612. The van der Waals surface area contributed by atoms with Crippen LogP contribution in [0.25, 0.3) is 0 Å². The second-order valence-corrected chi connectivity index (χ2v) is 7.30. The lowest BCUT2D eigenvalue weighted by atomic mass is 9.82. The van der Waals surface area contributed by atoms with E-state index in [1.807, 2.05) is 0 Å². The smallest absolute Gasteiger partial charge is 0.345 e. The zero-order valence-electron chi connectivity index (χ0n) is 15.0. The first-order valence-electron chi connectivity index (χ1n) is 8.87. The van der Waals surface area contributed by atoms with Gasteiger partial charge in [-0.25, -0.2) is 4.39 Å². The Morgan fingerprint density at radius 2 is 1.67 bits per heavy atom. The molecule has 0 radical (unpaired) electrons. The summed E-state index contributed by atoms with van der Waals surface area (Å²) < 4.78 is 89.5. The van der Waals surface area contributed by atoms with E-state index in [9.17, 15) is 45.1 Å². The predicted molar refractivity (Wildman–Crippen MR) is 87.3 cm³/mol. The van der Waals surface area contributed by atoms with Gasteiger partial charge in [0.1, 0.15) is 11.6 Å². The number of amides is 2. The molecule has 2 N–H and O–H groups in total. The molecule has 2 saturated carbocycles. The molecular weight excluding hydrogens is 425 g/mol. The van der Waals surface area contributed by atoms with Crippen LogP contribution in [-0.4, -0.2) is 29.8 Å². The van der Waals surface area contributed by atoms with Gasteiger partial charge in [0, 0.05) is 30.0 Å². The van der Waals surface area contributed by atoms with Crippen molar-refractivity contribution in [3.63, 3.8) is 0 Å². The van der Waals surface area contributed by atoms with Crippen molar-refractivity contribution in [2.75, 3.05) is 5.32 Å². The van der Waals surface area contributed by atoms with Gasteiger partial charge in [-0.3, -0.25) is 14.4 Å². The largest absolute Gasteiger partial charge is 0.471 e. The predicted octanol–water partition coefficient (Wildman–Crippen LogP) is 3.45. The number of hydrogen-bond donors (Lipinski definition) is 2. The fourth-order valence-electron chi connectivity index (χ4n) is 4.21. The van der Waals surface area contributed by atoms with Crippen LogP contribution in [0.1, 0.15) is 24.8 Å². The van der Waals surface area contributed by atoms with E-state index in [0.29, 0.717) is 18.6 Å². The van der Waals surface area contributed by atoms with E-state index in [1.54, 1.807) is 5.32 Å². The fraction of sp³-hybridized carbons (Fsp3) is 0.500. The van der Waals surface area contributed by atoms with Crippen LogP contribution in [0.4, 0.5) is 36.4 Å². The number of anilines is 1. The van der Waals surface area contributed by atoms with E-state index in [1.165, 1.54) is 0 Å². The van der Waals surface area contributed by atoms with Gasteiger partial charge in [0.15, 0.2) is 0 Å². The molecule has 0 aliphatic heterocycles. The van der Waals surface area contributed by atoms with Gasteiger partial charge in [0.25, 0.3) is 0 Å². The molecule has 12 heteroatoms. The Balaban J connectivity index is 1.73. The number of rotatable bonds is 4. The maximum Gasteiger partial charge on any atom is 0.471 e. The Hall–Kier alpha value is -2.66. The van der Waals surface area contributed by atoms with E-state index in [-0.39, 0.29) is 17.9 Å². The molecule has 2 aliphatic rings. The average molecular weight is 440 g/mol. The zero-order valence-corrected chi connectivity index (χ0v) is 15.0. The molecule has 164 valence electrons. The van der Waals surface area contributed by atoms with Crippen molar-refractivity contribution in [3.8, 4) is 0 Å². The molecule has 3 rings (SSSR count). The van der Waals surface area contributed by atoms with Crippen molar-refractivity contribution in [2.45, 2.75) is 37.7 Å². The van der Waals surface area contributed by atoms with Crippen molar-refractivity contribution in [1.82, 2.24) is 5.32 Å². The molecule has 0 spiro atoms. The second-order valence-electron chi connectivity index (χ2n) is 7.30. The number of benzene rings is 1. The summed E-state index contributed by atoms with van der Waals surface area (Å²) >= 11 is 0. The van der Waals surface area contributed by atoms with Crippen LogP contribution in [0.15, 0.2) is 18.2 Å². The Morgan fingerprint density at radius 1 is 1.03 bits per heavy atom. The molecule has 2 amide bonds. The normalized spacial score (nSPS) is 26.0. The summed E-state index contributed by atoms with van der Waals surface area (Å²) in [6.07, 6.45) is -10.0. The molecule has 2 bridgehead atoms. The van der Waals surface area contributed by atoms with Crippen LogP contribution in [0, 0.1) is 23.6 Å². The number of ketones is 1. The van der Waals surface area contributed by atoms with E-state index < -0.39 is 65.8 Å². The summed E-state index contributed by atoms with van der Waals surface area (Å²) in [5, 5.41) is 3.91. The van der Waals surface area contributed by atoms with E-state index >= 15 is 0 Å². The van der Waals surface area contributed by atoms with Gasteiger partial charge in [-0.2, -0.15) is 26.3 Å². The molecule has 1 aromatic rings. The van der Waals surface area contributed by atoms with Crippen LogP contribution in [0.3, 0.4) is 0 Å². The number of Topliss-reactive ketones (excluding diaryl/α,β-unsaturated/α-hetero) is 1. The number of hydrogen-bond acceptors (Lipinski definition) is 3. The molecule has 5 nitrogen and oxygen atoms in total. The highest BCUT2D eigenvalue weighted by molar-refractivity contribution is 5.95. The topological polar surface area (TPSA) is 75.3 Å². The lowest BCUT2D eigenvalue weighted by molar-refractivity contribution is -0.175. The summed E-state index contributed by atoms with van der Waals surface area (Å²) in [4.78, 5) is 35.8. The van der Waals surface area contributed by atoms with Gasteiger partial charge in [0.2, 0.25) is 5.91 Å². The minimum absolute atomic E-state index is 0.275. The van der Waals surface area contributed by atoms with Crippen LogP contribution >= 0.6 is 0 Å². The molecule has 0 unspecified atom stereocenters. The number of nitrogens with one attached hydrogen (secondary N) is 2. The maximum atomic E-state index is 13.3. The van der Waals surface area contributed by atoms with Gasteiger partial charge in [-0.05, 0) is 37.0 Å². The highest BCUT2D eigenvalue weighted by Gasteiger charge is 2.56. The molecule has 1 aromatic carbocycles. The van der Waals surface area contributed by atoms with Gasteiger partial charge < -0.3 is 10.6 Å². The molecule has 30 heavy (non-hydrogen) atoms. The number of alkyl halides is 6. The highest BCUT2D eigenvalue weighted by atomic mass is 19.4. The second kappa shape index (κ2) is 7.55. The molecule has 2 fully saturated rings. The fourth-order valence-corrected chi connectivity index (χ4v) is 4.21. The van der Waals surface area contributed by atoms with Crippen LogP contribution in [-0.2, 0) is 20.6 Å². The Bertz CT molecular complexity index is 882.